The van der Waals surface area contributed by atoms with Crippen LogP contribution in [0.4, 0.5) is 0 Å². The molecule has 0 amide bonds. The lowest BCUT2D eigenvalue weighted by atomic mass is 10.1. The zero-order chi connectivity index (χ0) is 13.5. The zero-order valence-electron chi connectivity index (χ0n) is 11.4. The third kappa shape index (κ3) is 4.11. The van der Waals surface area contributed by atoms with Gasteiger partial charge >= 0.3 is 0 Å². The largest absolute Gasteiger partial charge is 0.493 e. The number of rotatable bonds is 7. The van der Waals surface area contributed by atoms with Gasteiger partial charge < -0.3 is 14.2 Å². The second-order valence-electron chi connectivity index (χ2n) is 4.71. The first-order valence-corrected chi connectivity index (χ1v) is 7.93. The van der Waals surface area contributed by atoms with Crippen LogP contribution < -0.4 is 9.47 Å². The summed E-state index contributed by atoms with van der Waals surface area (Å²) in [6.07, 6.45) is 4.94. The Kier molecular flexibility index (Phi) is 5.98. The molecule has 1 saturated heterocycles. The summed E-state index contributed by atoms with van der Waals surface area (Å²) in [7, 11) is 1.67. The molecule has 2 rings (SSSR count). The third-order valence-electron chi connectivity index (χ3n) is 3.37. The summed E-state index contributed by atoms with van der Waals surface area (Å²) in [6, 6.07) is 5.96. The molecular weight excluding hydrogens is 308 g/mol. The van der Waals surface area contributed by atoms with Gasteiger partial charge in [0.05, 0.1) is 19.8 Å². The number of para-hydroxylation sites is 1. The molecular formula is C15H21BrO3. The summed E-state index contributed by atoms with van der Waals surface area (Å²) in [5, 5.41) is 0.769. The van der Waals surface area contributed by atoms with E-state index in [0.29, 0.717) is 12.7 Å². The molecule has 1 aliphatic rings. The molecule has 0 N–H and O–H groups in total. The average molecular weight is 329 g/mol. The molecule has 0 radical (unpaired) electrons. The average Bonchev–Trinajstić information content (AvgIpc) is 2.96. The molecule has 19 heavy (non-hydrogen) atoms. The summed E-state index contributed by atoms with van der Waals surface area (Å²) in [6.45, 7) is 1.63. The van der Waals surface area contributed by atoms with Crippen molar-refractivity contribution in [2.24, 2.45) is 0 Å². The predicted molar refractivity (Wildman–Crippen MR) is 79.3 cm³/mol. The number of hydrogen-bond donors (Lipinski definition) is 0. The predicted octanol–water partition coefficient (Wildman–Crippen LogP) is 3.93. The monoisotopic (exact) mass is 328 g/mol. The van der Waals surface area contributed by atoms with Gasteiger partial charge in [-0.05, 0) is 31.7 Å². The maximum Gasteiger partial charge on any atom is 0.165 e. The van der Waals surface area contributed by atoms with E-state index in [1.165, 1.54) is 12.8 Å². The van der Waals surface area contributed by atoms with Gasteiger partial charge in [-0.1, -0.05) is 28.1 Å². The topological polar surface area (TPSA) is 27.7 Å². The number of benzene rings is 1. The number of ether oxygens (including phenoxy) is 3. The van der Waals surface area contributed by atoms with E-state index in [0.717, 1.165) is 41.8 Å². The molecule has 0 saturated carbocycles. The van der Waals surface area contributed by atoms with Crippen LogP contribution in [-0.4, -0.2) is 26.4 Å². The molecule has 1 atom stereocenters. The first-order valence-electron chi connectivity index (χ1n) is 6.81. The van der Waals surface area contributed by atoms with Crippen molar-refractivity contribution in [1.29, 1.82) is 0 Å². The molecule has 1 fully saturated rings. The van der Waals surface area contributed by atoms with Gasteiger partial charge in [-0.15, -0.1) is 0 Å². The molecule has 0 aliphatic carbocycles. The van der Waals surface area contributed by atoms with Crippen molar-refractivity contribution in [1.82, 2.24) is 0 Å². The van der Waals surface area contributed by atoms with E-state index in [4.69, 9.17) is 14.2 Å². The van der Waals surface area contributed by atoms with Crippen molar-refractivity contribution in [2.75, 3.05) is 20.3 Å². The van der Waals surface area contributed by atoms with E-state index in [-0.39, 0.29) is 0 Å². The summed E-state index contributed by atoms with van der Waals surface area (Å²) >= 11 is 3.48. The van der Waals surface area contributed by atoms with Crippen LogP contribution in [0.5, 0.6) is 11.5 Å². The molecule has 4 heteroatoms. The Labute approximate surface area is 123 Å². The van der Waals surface area contributed by atoms with Crippen molar-refractivity contribution in [3.63, 3.8) is 0 Å². The van der Waals surface area contributed by atoms with Crippen molar-refractivity contribution < 1.29 is 14.2 Å². The van der Waals surface area contributed by atoms with E-state index in [9.17, 15) is 0 Å². The van der Waals surface area contributed by atoms with E-state index in [1.807, 2.05) is 18.2 Å². The van der Waals surface area contributed by atoms with Crippen LogP contribution in [0.1, 0.15) is 31.2 Å². The lowest BCUT2D eigenvalue weighted by Gasteiger charge is -2.14. The first-order chi connectivity index (χ1) is 9.35. The van der Waals surface area contributed by atoms with Crippen molar-refractivity contribution in [3.05, 3.63) is 23.8 Å². The summed E-state index contributed by atoms with van der Waals surface area (Å²) < 4.78 is 16.9. The van der Waals surface area contributed by atoms with Crippen LogP contribution in [0.3, 0.4) is 0 Å². The minimum Gasteiger partial charge on any atom is -0.493 e. The third-order valence-corrected chi connectivity index (χ3v) is 3.97. The van der Waals surface area contributed by atoms with E-state index < -0.39 is 0 Å². The molecule has 3 nitrogen and oxygen atoms in total. The van der Waals surface area contributed by atoms with Crippen LogP contribution in [0, 0.1) is 0 Å². The van der Waals surface area contributed by atoms with Crippen LogP contribution in [0.25, 0.3) is 0 Å². The number of hydrogen-bond acceptors (Lipinski definition) is 3. The van der Waals surface area contributed by atoms with Crippen molar-refractivity contribution in [2.45, 2.75) is 37.1 Å². The molecule has 106 valence electrons. The van der Waals surface area contributed by atoms with E-state index >= 15 is 0 Å². The van der Waals surface area contributed by atoms with Crippen molar-refractivity contribution in [3.8, 4) is 11.5 Å². The molecule has 1 heterocycles. The quantitative estimate of drug-likeness (QED) is 0.560. The van der Waals surface area contributed by atoms with Gasteiger partial charge in [0.15, 0.2) is 11.5 Å². The Morgan fingerprint density at radius 3 is 3.00 bits per heavy atom. The molecule has 1 aromatic rings. The highest BCUT2D eigenvalue weighted by Crippen LogP contribution is 2.32. The smallest absolute Gasteiger partial charge is 0.165 e. The number of methoxy groups -OCH3 is 1. The van der Waals surface area contributed by atoms with Crippen LogP contribution in [0.2, 0.25) is 0 Å². The minimum absolute atomic E-state index is 0.442. The lowest BCUT2D eigenvalue weighted by Crippen LogP contribution is -2.08. The van der Waals surface area contributed by atoms with Crippen LogP contribution in [-0.2, 0) is 10.1 Å². The standard InChI is InChI=1S/C15H21BrO3/c1-17-14-8-2-5-12(11-16)15(14)19-10-4-7-13-6-3-9-18-13/h2,5,8,13H,3-4,6-7,9-11H2,1H3. The fourth-order valence-electron chi connectivity index (χ4n) is 2.35. The van der Waals surface area contributed by atoms with Gasteiger partial charge in [-0.2, -0.15) is 0 Å². The molecule has 0 spiro atoms. The maximum absolute atomic E-state index is 5.90. The highest BCUT2D eigenvalue weighted by molar-refractivity contribution is 9.08. The minimum atomic E-state index is 0.442. The van der Waals surface area contributed by atoms with E-state index in [1.54, 1.807) is 7.11 Å². The lowest BCUT2D eigenvalue weighted by molar-refractivity contribution is 0.0979. The SMILES string of the molecule is COc1cccc(CBr)c1OCCCC1CCCO1. The van der Waals surface area contributed by atoms with Gasteiger partial charge in [0.25, 0.3) is 0 Å². The van der Waals surface area contributed by atoms with Crippen LogP contribution in [0.15, 0.2) is 18.2 Å². The van der Waals surface area contributed by atoms with E-state index in [2.05, 4.69) is 15.9 Å². The van der Waals surface area contributed by atoms with Crippen LogP contribution >= 0.6 is 15.9 Å². The number of alkyl halides is 1. The first kappa shape index (κ1) is 14.7. The van der Waals surface area contributed by atoms with Gasteiger partial charge in [0, 0.05) is 17.5 Å². The Balaban J connectivity index is 1.83. The molecule has 1 unspecified atom stereocenters. The molecule has 1 aliphatic heterocycles. The summed E-state index contributed by atoms with van der Waals surface area (Å²) in [4.78, 5) is 0. The van der Waals surface area contributed by atoms with Gasteiger partial charge in [0.2, 0.25) is 0 Å². The second kappa shape index (κ2) is 7.75. The Hall–Kier alpha value is -0.740. The molecule has 1 aromatic carbocycles. The second-order valence-corrected chi connectivity index (χ2v) is 5.27. The van der Waals surface area contributed by atoms with Gasteiger partial charge in [-0.3, -0.25) is 0 Å². The zero-order valence-corrected chi connectivity index (χ0v) is 12.9. The fourth-order valence-corrected chi connectivity index (χ4v) is 2.79. The maximum atomic E-state index is 5.90. The normalized spacial score (nSPS) is 18.5. The van der Waals surface area contributed by atoms with Gasteiger partial charge in [0.1, 0.15) is 0 Å². The molecule has 0 aromatic heterocycles. The fraction of sp³-hybridized carbons (Fsp3) is 0.600. The Morgan fingerprint density at radius 1 is 1.42 bits per heavy atom. The highest BCUT2D eigenvalue weighted by Gasteiger charge is 2.15. The Bertz CT molecular complexity index is 367. The summed E-state index contributed by atoms with van der Waals surface area (Å²) in [5.74, 6) is 1.66. The highest BCUT2D eigenvalue weighted by atomic mass is 79.9. The van der Waals surface area contributed by atoms with Gasteiger partial charge in [-0.25, -0.2) is 0 Å². The van der Waals surface area contributed by atoms with Crippen molar-refractivity contribution >= 4 is 15.9 Å². The Morgan fingerprint density at radius 2 is 2.32 bits per heavy atom. The summed E-state index contributed by atoms with van der Waals surface area (Å²) in [5.41, 5.74) is 1.12. The number of halogens is 1. The molecule has 0 bridgehead atoms.